The number of piperidine rings is 1. The van der Waals surface area contributed by atoms with Gasteiger partial charge in [0.25, 0.3) is 0 Å². The molecule has 0 aromatic carbocycles. The summed E-state index contributed by atoms with van der Waals surface area (Å²) in [5.74, 6) is 4.52. The van der Waals surface area contributed by atoms with Crippen LogP contribution in [0.1, 0.15) is 241 Å². The van der Waals surface area contributed by atoms with Crippen LogP contribution >= 0.6 is 0 Å². The number of rotatable bonds is 34. The van der Waals surface area contributed by atoms with E-state index in [2.05, 4.69) is 64.7 Å². The first-order valence-corrected chi connectivity index (χ1v) is 29.1. The first-order valence-electron chi connectivity index (χ1n) is 29.1. The fraction of sp³-hybridized carbons (Fsp3) is 0.900. The van der Waals surface area contributed by atoms with Crippen molar-refractivity contribution < 1.29 is 28.5 Å². The van der Waals surface area contributed by atoms with Crippen molar-refractivity contribution in [1.82, 2.24) is 4.90 Å². The van der Waals surface area contributed by atoms with Gasteiger partial charge in [0.2, 0.25) is 0 Å². The van der Waals surface area contributed by atoms with E-state index in [4.69, 9.17) is 18.9 Å². The summed E-state index contributed by atoms with van der Waals surface area (Å²) in [6, 6.07) is 0. The van der Waals surface area contributed by atoms with Gasteiger partial charge in [0.1, 0.15) is 12.7 Å². The van der Waals surface area contributed by atoms with Crippen molar-refractivity contribution in [2.24, 2.45) is 46.3 Å². The number of hydrogen-bond donors (Lipinski definition) is 0. The average Bonchev–Trinajstić information content (AvgIpc) is 3.67. The summed E-state index contributed by atoms with van der Waals surface area (Å²) >= 11 is 0. The molecule has 0 N–H and O–H groups in total. The molecular formula is C60H105NO6. The topological polar surface area (TPSA) is 74.3 Å². The lowest BCUT2D eigenvalue weighted by atomic mass is 9.47. The lowest BCUT2D eigenvalue weighted by Crippen LogP contribution is -2.51. The molecule has 5 aliphatic rings. The second-order valence-corrected chi connectivity index (χ2v) is 23.6. The molecule has 7 nitrogen and oxygen atoms in total. The third kappa shape index (κ3) is 18.8. The normalized spacial score (nSPS) is 28.5. The zero-order chi connectivity index (χ0) is 47.7. The first kappa shape index (κ1) is 56.2. The van der Waals surface area contributed by atoms with Gasteiger partial charge in [-0.2, -0.15) is 0 Å². The van der Waals surface area contributed by atoms with E-state index in [1.54, 1.807) is 5.57 Å². The van der Waals surface area contributed by atoms with Crippen LogP contribution in [0.15, 0.2) is 23.8 Å². The van der Waals surface area contributed by atoms with Gasteiger partial charge in [-0.1, -0.05) is 149 Å². The highest BCUT2D eigenvalue weighted by Crippen LogP contribution is 2.67. The van der Waals surface area contributed by atoms with Crippen LogP contribution in [0.2, 0.25) is 0 Å². The van der Waals surface area contributed by atoms with Crippen molar-refractivity contribution in [3.8, 4) is 0 Å². The van der Waals surface area contributed by atoms with Gasteiger partial charge in [-0.15, -0.1) is 0 Å². The third-order valence-electron chi connectivity index (χ3n) is 18.0. The minimum absolute atomic E-state index is 0.0271. The van der Waals surface area contributed by atoms with E-state index in [1.165, 1.54) is 154 Å². The smallest absolute Gasteiger partial charge is 0.306 e. The summed E-state index contributed by atoms with van der Waals surface area (Å²) in [4.78, 5) is 28.2. The molecule has 1 saturated heterocycles. The Morgan fingerprint density at radius 2 is 1.43 bits per heavy atom. The van der Waals surface area contributed by atoms with Gasteiger partial charge in [0.15, 0.2) is 0 Å². The number of allylic oxidation sites excluding steroid dienone is 3. The molecule has 5 rings (SSSR count). The molecule has 9 atom stereocenters. The molecule has 0 spiro atoms. The maximum absolute atomic E-state index is 13.0. The van der Waals surface area contributed by atoms with Crippen LogP contribution < -0.4 is 0 Å². The first-order chi connectivity index (χ1) is 32.5. The SMILES string of the molecule is CCCCCCCCC=CCCCCCCCCOCC(CN1CCCCC1)OCCOC(=O)CCCC(=O)O[C@H]1CC[C@@]2(C)C(=CC[C@H]3[C@@H]4CC[C@H]([C@H](C)CCCC(C)C)[C@@]4(C)CC[C@@H]32)C1. The fourth-order valence-corrected chi connectivity index (χ4v) is 14.1. The van der Waals surface area contributed by atoms with Crippen molar-refractivity contribution in [3.63, 3.8) is 0 Å². The molecule has 4 aliphatic carbocycles. The van der Waals surface area contributed by atoms with E-state index >= 15 is 0 Å². The Morgan fingerprint density at radius 3 is 2.16 bits per heavy atom. The van der Waals surface area contributed by atoms with Crippen LogP contribution in [0.5, 0.6) is 0 Å². The summed E-state index contributed by atoms with van der Waals surface area (Å²) in [6.07, 6.45) is 44.2. The van der Waals surface area contributed by atoms with E-state index in [1.807, 2.05) is 0 Å². The fourth-order valence-electron chi connectivity index (χ4n) is 14.1. The number of unbranched alkanes of at least 4 members (excludes halogenated alkanes) is 12. The van der Waals surface area contributed by atoms with Gasteiger partial charge in [-0.05, 0) is 156 Å². The Kier molecular flexibility index (Phi) is 25.9. The molecule has 7 heteroatoms. The molecule has 0 aromatic rings. The number of nitrogens with zero attached hydrogens (tertiary/aromatic N) is 1. The molecule has 0 bridgehead atoms. The summed E-state index contributed by atoms with van der Waals surface area (Å²) in [6.45, 7) is 19.8. The molecule has 1 heterocycles. The standard InChI is InChI=1S/C60H105NO6/c1-7-8-9-10-11-12-13-14-15-16-17-18-19-20-21-25-42-64-47-52(46-61-40-23-22-24-41-61)65-43-44-66-57(62)30-27-31-58(63)67-51-36-38-59(5)50(45-51)32-33-53-55-35-34-54(49(4)29-26-28-48(2)3)60(55,6)39-37-56(53)59/h14-15,32,48-49,51-56H,7-13,16-31,33-47H2,1-6H3/t49-,51+,52?,53+,54-,55+,56+,59+,60-/m1/s1. The highest BCUT2D eigenvalue weighted by Gasteiger charge is 2.59. The number of esters is 2. The largest absolute Gasteiger partial charge is 0.463 e. The Balaban J connectivity index is 0.905. The van der Waals surface area contributed by atoms with Gasteiger partial charge in [0.05, 0.1) is 19.3 Å². The average molecular weight is 937 g/mol. The zero-order valence-corrected chi connectivity index (χ0v) is 44.6. The van der Waals surface area contributed by atoms with Gasteiger partial charge in [-0.3, -0.25) is 9.59 Å². The molecule has 4 fully saturated rings. The number of carbonyl (C=O) groups excluding carboxylic acids is 2. The van der Waals surface area contributed by atoms with Gasteiger partial charge in [-0.25, -0.2) is 0 Å². The van der Waals surface area contributed by atoms with Crippen LogP contribution in [0.3, 0.4) is 0 Å². The quantitative estimate of drug-likeness (QED) is 0.0361. The number of ether oxygens (including phenoxy) is 4. The lowest BCUT2D eigenvalue weighted by Gasteiger charge is -2.58. The van der Waals surface area contributed by atoms with E-state index in [-0.39, 0.29) is 49.0 Å². The number of hydrogen-bond acceptors (Lipinski definition) is 7. The Labute approximate surface area is 412 Å². The summed E-state index contributed by atoms with van der Waals surface area (Å²) in [5, 5.41) is 0. The maximum atomic E-state index is 13.0. The number of carbonyl (C=O) groups is 2. The summed E-state index contributed by atoms with van der Waals surface area (Å²) < 4.78 is 24.0. The molecule has 386 valence electrons. The van der Waals surface area contributed by atoms with Gasteiger partial charge < -0.3 is 23.8 Å². The predicted octanol–water partition coefficient (Wildman–Crippen LogP) is 15.6. The van der Waals surface area contributed by atoms with Gasteiger partial charge >= 0.3 is 11.9 Å². The second-order valence-electron chi connectivity index (χ2n) is 23.6. The monoisotopic (exact) mass is 936 g/mol. The highest BCUT2D eigenvalue weighted by atomic mass is 16.6. The van der Waals surface area contributed by atoms with E-state index in [0.717, 1.165) is 87.4 Å². The lowest BCUT2D eigenvalue weighted by molar-refractivity contribution is -0.152. The van der Waals surface area contributed by atoms with Crippen molar-refractivity contribution in [3.05, 3.63) is 23.8 Å². The van der Waals surface area contributed by atoms with Crippen LogP contribution in [-0.2, 0) is 28.5 Å². The summed E-state index contributed by atoms with van der Waals surface area (Å²) in [5.41, 5.74) is 2.30. The molecule has 67 heavy (non-hydrogen) atoms. The van der Waals surface area contributed by atoms with Crippen LogP contribution in [0.4, 0.5) is 0 Å². The Hall–Kier alpha value is -1.70. The predicted molar refractivity (Wildman–Crippen MR) is 278 cm³/mol. The molecule has 0 amide bonds. The number of likely N-dealkylation sites (tertiary alicyclic amines) is 1. The maximum Gasteiger partial charge on any atom is 0.306 e. The molecule has 0 aromatic heterocycles. The molecular weight excluding hydrogens is 831 g/mol. The molecule has 1 aliphatic heterocycles. The van der Waals surface area contributed by atoms with Crippen molar-refractivity contribution in [2.75, 3.05) is 46.1 Å². The minimum Gasteiger partial charge on any atom is -0.463 e. The molecule has 1 unspecified atom stereocenters. The molecule has 0 radical (unpaired) electrons. The Bertz CT molecular complexity index is 1440. The van der Waals surface area contributed by atoms with Crippen LogP contribution in [0, 0.1) is 46.3 Å². The van der Waals surface area contributed by atoms with Crippen LogP contribution in [0.25, 0.3) is 0 Å². The van der Waals surface area contributed by atoms with E-state index in [0.29, 0.717) is 25.0 Å². The highest BCUT2D eigenvalue weighted by molar-refractivity contribution is 5.72. The number of fused-ring (bicyclic) bond motifs is 5. The second kappa shape index (κ2) is 30.9. The van der Waals surface area contributed by atoms with E-state index < -0.39 is 0 Å². The Morgan fingerprint density at radius 1 is 0.731 bits per heavy atom. The van der Waals surface area contributed by atoms with Crippen molar-refractivity contribution >= 4 is 11.9 Å². The zero-order valence-electron chi connectivity index (χ0n) is 44.6. The summed E-state index contributed by atoms with van der Waals surface area (Å²) in [7, 11) is 0. The third-order valence-corrected chi connectivity index (χ3v) is 18.0. The van der Waals surface area contributed by atoms with E-state index in [9.17, 15) is 9.59 Å². The van der Waals surface area contributed by atoms with Crippen molar-refractivity contribution in [1.29, 1.82) is 0 Å². The van der Waals surface area contributed by atoms with Gasteiger partial charge in [0, 0.05) is 32.4 Å². The minimum atomic E-state index is -0.270. The van der Waals surface area contributed by atoms with Crippen LogP contribution in [-0.4, -0.2) is 75.1 Å². The molecule has 3 saturated carbocycles. The van der Waals surface area contributed by atoms with Crippen molar-refractivity contribution in [2.45, 2.75) is 253 Å².